The molecule has 2 aliphatic rings. The van der Waals surface area contributed by atoms with Gasteiger partial charge in [0, 0.05) is 29.1 Å². The van der Waals surface area contributed by atoms with Crippen LogP contribution in [0.25, 0.3) is 0 Å². The van der Waals surface area contributed by atoms with E-state index in [1.807, 2.05) is 0 Å². The third-order valence-corrected chi connectivity index (χ3v) is 4.65. The second kappa shape index (κ2) is 6.44. The summed E-state index contributed by atoms with van der Waals surface area (Å²) in [5, 5.41) is 16.5. The van der Waals surface area contributed by atoms with Gasteiger partial charge in [-0.2, -0.15) is 0 Å². The van der Waals surface area contributed by atoms with Crippen LogP contribution in [0.3, 0.4) is 0 Å². The van der Waals surface area contributed by atoms with Crippen LogP contribution in [0.1, 0.15) is 5.56 Å². The first-order chi connectivity index (χ1) is 13.9. The number of benzene rings is 2. The Morgan fingerprint density at radius 1 is 1.21 bits per heavy atom. The van der Waals surface area contributed by atoms with E-state index in [1.54, 1.807) is 30.3 Å². The maximum Gasteiger partial charge on any atom is 0.357 e. The van der Waals surface area contributed by atoms with Crippen molar-refractivity contribution in [2.45, 2.75) is 5.60 Å². The maximum atomic E-state index is 12.9. The Hall–Kier alpha value is -4.21. The molecule has 10 nitrogen and oxygen atoms in total. The van der Waals surface area contributed by atoms with E-state index >= 15 is 0 Å². The van der Waals surface area contributed by atoms with Crippen LogP contribution >= 0.6 is 0 Å². The number of carbonyl (C=O) groups excluding carboxylic acids is 3. The molecule has 1 unspecified atom stereocenters. The molecular weight excluding hydrogens is 382 g/mol. The molecular formula is C19H13N3O7. The SMILES string of the molecule is COC(=O)C1=C(Nc2ccccc2)C(=O)OC12C(=O)Nc1ccc([N+](=O)[O-])cc12. The van der Waals surface area contributed by atoms with Crippen molar-refractivity contribution in [2.75, 3.05) is 17.7 Å². The van der Waals surface area contributed by atoms with E-state index in [0.29, 0.717) is 5.69 Å². The molecule has 0 saturated carbocycles. The summed E-state index contributed by atoms with van der Waals surface area (Å²) in [4.78, 5) is 48.7. The zero-order valence-electron chi connectivity index (χ0n) is 14.9. The fourth-order valence-corrected chi connectivity index (χ4v) is 3.37. The van der Waals surface area contributed by atoms with E-state index in [-0.39, 0.29) is 28.2 Å². The van der Waals surface area contributed by atoms with Crippen molar-refractivity contribution in [3.05, 3.63) is 75.5 Å². The van der Waals surface area contributed by atoms with Gasteiger partial charge in [0.15, 0.2) is 0 Å². The standard InChI is InChI=1S/C19H13N3O7/c1-28-16(23)14-15(20-10-5-3-2-4-6-10)17(24)29-19(14)12-9-11(22(26)27)7-8-13(12)21-18(19)25/h2-9,20H,1H3,(H,21,25). The van der Waals surface area contributed by atoms with Crippen molar-refractivity contribution in [1.29, 1.82) is 0 Å². The lowest BCUT2D eigenvalue weighted by Gasteiger charge is -2.22. The minimum atomic E-state index is -2.19. The van der Waals surface area contributed by atoms with Gasteiger partial charge in [-0.1, -0.05) is 18.2 Å². The van der Waals surface area contributed by atoms with Crippen LogP contribution in [-0.4, -0.2) is 29.9 Å². The largest absolute Gasteiger partial charge is 0.465 e. The number of para-hydroxylation sites is 1. The van der Waals surface area contributed by atoms with Gasteiger partial charge in [0.2, 0.25) is 0 Å². The molecule has 10 heteroatoms. The molecule has 0 saturated heterocycles. The number of hydrogen-bond acceptors (Lipinski definition) is 8. The smallest absolute Gasteiger partial charge is 0.357 e. The minimum absolute atomic E-state index is 0.0182. The van der Waals surface area contributed by atoms with Crippen molar-refractivity contribution in [3.8, 4) is 0 Å². The third kappa shape index (κ3) is 2.61. The lowest BCUT2D eigenvalue weighted by atomic mass is 9.86. The van der Waals surface area contributed by atoms with Gasteiger partial charge in [0.1, 0.15) is 11.3 Å². The number of methoxy groups -OCH3 is 1. The van der Waals surface area contributed by atoms with Gasteiger partial charge >= 0.3 is 11.9 Å². The van der Waals surface area contributed by atoms with Gasteiger partial charge in [0.05, 0.1) is 12.0 Å². The zero-order chi connectivity index (χ0) is 20.8. The van der Waals surface area contributed by atoms with E-state index in [4.69, 9.17) is 9.47 Å². The number of nitro groups is 1. The molecule has 0 bridgehead atoms. The number of hydrogen-bond donors (Lipinski definition) is 2. The molecule has 2 N–H and O–H groups in total. The molecule has 2 aromatic rings. The number of amides is 1. The van der Waals surface area contributed by atoms with Crippen LogP contribution in [0.15, 0.2) is 59.8 Å². The highest BCUT2D eigenvalue weighted by Crippen LogP contribution is 2.50. The highest BCUT2D eigenvalue weighted by Gasteiger charge is 2.62. The average molecular weight is 395 g/mol. The van der Waals surface area contributed by atoms with E-state index in [1.165, 1.54) is 12.1 Å². The summed E-state index contributed by atoms with van der Waals surface area (Å²) in [6.45, 7) is 0. The summed E-state index contributed by atoms with van der Waals surface area (Å²) in [5.41, 5.74) is -2.54. The molecule has 0 aliphatic carbocycles. The van der Waals surface area contributed by atoms with Crippen LogP contribution < -0.4 is 10.6 Å². The number of nitrogens with one attached hydrogen (secondary N) is 2. The lowest BCUT2D eigenvalue weighted by Crippen LogP contribution is -2.39. The molecule has 1 spiro atoms. The van der Waals surface area contributed by atoms with Crippen LogP contribution in [0.5, 0.6) is 0 Å². The fraction of sp³-hybridized carbons (Fsp3) is 0.105. The van der Waals surface area contributed by atoms with Gasteiger partial charge in [-0.05, 0) is 18.2 Å². The number of carbonyl (C=O) groups is 3. The Kier molecular flexibility index (Phi) is 4.04. The molecule has 4 rings (SSSR count). The number of fused-ring (bicyclic) bond motifs is 2. The molecule has 0 aromatic heterocycles. The first-order valence-corrected chi connectivity index (χ1v) is 8.37. The topological polar surface area (TPSA) is 137 Å². The monoisotopic (exact) mass is 395 g/mol. The highest BCUT2D eigenvalue weighted by atomic mass is 16.6. The first-order valence-electron chi connectivity index (χ1n) is 8.37. The van der Waals surface area contributed by atoms with Crippen molar-refractivity contribution in [3.63, 3.8) is 0 Å². The first kappa shape index (κ1) is 18.2. The molecule has 2 heterocycles. The summed E-state index contributed by atoms with van der Waals surface area (Å²) in [7, 11) is 1.09. The Morgan fingerprint density at radius 3 is 2.59 bits per heavy atom. The predicted molar refractivity (Wildman–Crippen MR) is 98.6 cm³/mol. The Balaban J connectivity index is 1.95. The van der Waals surface area contributed by atoms with Crippen molar-refractivity contribution < 1.29 is 28.8 Å². The normalized spacial score (nSPS) is 19.6. The molecule has 146 valence electrons. The Morgan fingerprint density at radius 2 is 1.93 bits per heavy atom. The minimum Gasteiger partial charge on any atom is -0.465 e. The summed E-state index contributed by atoms with van der Waals surface area (Å²) in [5.74, 6) is -2.78. The van der Waals surface area contributed by atoms with Crippen LogP contribution in [0.4, 0.5) is 17.1 Å². The van der Waals surface area contributed by atoms with Crippen molar-refractivity contribution >= 4 is 34.9 Å². The summed E-state index contributed by atoms with van der Waals surface area (Å²) in [6, 6.07) is 12.1. The van der Waals surface area contributed by atoms with E-state index in [9.17, 15) is 24.5 Å². The summed E-state index contributed by atoms with van der Waals surface area (Å²) >= 11 is 0. The van der Waals surface area contributed by atoms with E-state index in [2.05, 4.69) is 10.6 Å². The zero-order valence-corrected chi connectivity index (χ0v) is 14.9. The van der Waals surface area contributed by atoms with Crippen LogP contribution in [-0.2, 0) is 29.5 Å². The lowest BCUT2D eigenvalue weighted by molar-refractivity contribution is -0.385. The number of non-ortho nitro benzene ring substituents is 1. The molecule has 2 aliphatic heterocycles. The second-order valence-corrected chi connectivity index (χ2v) is 6.24. The van der Waals surface area contributed by atoms with Crippen molar-refractivity contribution in [2.24, 2.45) is 0 Å². The van der Waals surface area contributed by atoms with Gasteiger partial charge in [-0.3, -0.25) is 14.9 Å². The summed E-state index contributed by atoms with van der Waals surface area (Å²) < 4.78 is 10.2. The van der Waals surface area contributed by atoms with Gasteiger partial charge in [-0.15, -0.1) is 0 Å². The number of anilines is 2. The Bertz CT molecular complexity index is 1110. The average Bonchev–Trinajstić information content (AvgIpc) is 3.16. The summed E-state index contributed by atoms with van der Waals surface area (Å²) in [6.07, 6.45) is 0. The third-order valence-electron chi connectivity index (χ3n) is 4.65. The van der Waals surface area contributed by atoms with Crippen molar-refractivity contribution in [1.82, 2.24) is 0 Å². The van der Waals surface area contributed by atoms with Gasteiger partial charge < -0.3 is 20.1 Å². The van der Waals surface area contributed by atoms with Crippen LogP contribution in [0.2, 0.25) is 0 Å². The maximum absolute atomic E-state index is 12.9. The number of rotatable bonds is 4. The molecule has 29 heavy (non-hydrogen) atoms. The van der Waals surface area contributed by atoms with Crippen LogP contribution in [0, 0.1) is 10.1 Å². The number of nitro benzene ring substituents is 1. The van der Waals surface area contributed by atoms with E-state index < -0.39 is 28.4 Å². The molecule has 1 atom stereocenters. The quantitative estimate of drug-likeness (QED) is 0.454. The number of nitrogens with zero attached hydrogens (tertiary/aromatic N) is 1. The van der Waals surface area contributed by atoms with Gasteiger partial charge in [0.25, 0.3) is 17.2 Å². The molecule has 0 radical (unpaired) electrons. The molecule has 0 fully saturated rings. The fourth-order valence-electron chi connectivity index (χ4n) is 3.37. The predicted octanol–water partition coefficient (Wildman–Crippen LogP) is 1.84. The second-order valence-electron chi connectivity index (χ2n) is 6.24. The van der Waals surface area contributed by atoms with Gasteiger partial charge in [-0.25, -0.2) is 9.59 Å². The van der Waals surface area contributed by atoms with E-state index in [0.717, 1.165) is 13.2 Å². The number of esters is 2. The molecule has 2 aromatic carbocycles. The molecule has 1 amide bonds. The Labute approximate surface area is 163 Å². The highest BCUT2D eigenvalue weighted by molar-refractivity contribution is 6.19. The number of ether oxygens (including phenoxy) is 2.